The van der Waals surface area contributed by atoms with E-state index in [0.29, 0.717) is 5.56 Å². The summed E-state index contributed by atoms with van der Waals surface area (Å²) in [5, 5.41) is 14.3. The first-order valence-electron chi connectivity index (χ1n) is 4.96. The highest BCUT2D eigenvalue weighted by atomic mass is 16.6. The third-order valence-corrected chi connectivity index (χ3v) is 2.08. The van der Waals surface area contributed by atoms with Crippen LogP contribution >= 0.6 is 0 Å². The zero-order chi connectivity index (χ0) is 13.7. The lowest BCUT2D eigenvalue weighted by Gasteiger charge is -2.14. The SMILES string of the molecule is CN(C)c1ccc([N+](=O)[O-])cc1C=NNC(N)=O. The summed E-state index contributed by atoms with van der Waals surface area (Å²) in [7, 11) is 3.58. The minimum atomic E-state index is -0.803. The van der Waals surface area contributed by atoms with Crippen LogP contribution in [0.25, 0.3) is 0 Å². The van der Waals surface area contributed by atoms with Crippen LogP contribution in [0.5, 0.6) is 0 Å². The van der Waals surface area contributed by atoms with E-state index in [2.05, 4.69) is 5.10 Å². The van der Waals surface area contributed by atoms with E-state index in [1.807, 2.05) is 5.43 Å². The minimum Gasteiger partial charge on any atom is -0.377 e. The van der Waals surface area contributed by atoms with Gasteiger partial charge in [0.2, 0.25) is 0 Å². The Kier molecular flexibility index (Phi) is 4.19. The van der Waals surface area contributed by atoms with E-state index in [4.69, 9.17) is 5.73 Å². The normalized spacial score (nSPS) is 10.3. The van der Waals surface area contributed by atoms with Crippen molar-refractivity contribution < 1.29 is 9.72 Å². The summed E-state index contributed by atoms with van der Waals surface area (Å²) in [4.78, 5) is 22.4. The van der Waals surface area contributed by atoms with Crippen LogP contribution in [-0.4, -0.2) is 31.3 Å². The van der Waals surface area contributed by atoms with Crippen LogP contribution in [0, 0.1) is 10.1 Å². The lowest BCUT2D eigenvalue weighted by Crippen LogP contribution is -2.24. The van der Waals surface area contributed by atoms with Crippen molar-refractivity contribution in [2.24, 2.45) is 10.8 Å². The molecule has 0 saturated carbocycles. The fraction of sp³-hybridized carbons (Fsp3) is 0.200. The molecule has 8 nitrogen and oxygen atoms in total. The van der Waals surface area contributed by atoms with Crippen molar-refractivity contribution in [1.82, 2.24) is 5.43 Å². The maximum absolute atomic E-state index is 10.7. The Balaban J connectivity index is 3.11. The Bertz CT molecular complexity index is 498. The van der Waals surface area contributed by atoms with Gasteiger partial charge in [-0.15, -0.1) is 0 Å². The van der Waals surface area contributed by atoms with Gasteiger partial charge in [-0.3, -0.25) is 10.1 Å². The van der Waals surface area contributed by atoms with Crippen molar-refractivity contribution in [3.63, 3.8) is 0 Å². The number of hydrogen-bond acceptors (Lipinski definition) is 5. The molecule has 0 aromatic heterocycles. The molecule has 18 heavy (non-hydrogen) atoms. The van der Waals surface area contributed by atoms with Gasteiger partial charge in [-0.05, 0) is 6.07 Å². The smallest absolute Gasteiger partial charge is 0.332 e. The maximum atomic E-state index is 10.7. The second-order valence-corrected chi connectivity index (χ2v) is 3.63. The number of nitrogens with two attached hydrogens (primary N) is 1. The van der Waals surface area contributed by atoms with Gasteiger partial charge in [-0.1, -0.05) is 0 Å². The predicted octanol–water partition coefficient (Wildman–Crippen LogP) is 0.663. The highest BCUT2D eigenvalue weighted by Crippen LogP contribution is 2.22. The van der Waals surface area contributed by atoms with Gasteiger partial charge in [-0.25, -0.2) is 10.2 Å². The summed E-state index contributed by atoms with van der Waals surface area (Å²) >= 11 is 0. The number of carbonyl (C=O) groups is 1. The number of anilines is 1. The molecule has 1 aromatic rings. The van der Waals surface area contributed by atoms with E-state index in [1.165, 1.54) is 18.3 Å². The highest BCUT2D eigenvalue weighted by molar-refractivity contribution is 5.89. The summed E-state index contributed by atoms with van der Waals surface area (Å²) in [6.07, 6.45) is 1.30. The van der Waals surface area contributed by atoms with Crippen LogP contribution in [0.15, 0.2) is 23.3 Å². The monoisotopic (exact) mass is 251 g/mol. The molecular weight excluding hydrogens is 238 g/mol. The number of nitrogens with zero attached hydrogens (tertiary/aromatic N) is 3. The van der Waals surface area contributed by atoms with Crippen molar-refractivity contribution >= 4 is 23.6 Å². The fourth-order valence-corrected chi connectivity index (χ4v) is 1.33. The summed E-state index contributed by atoms with van der Waals surface area (Å²) in [5.41, 5.74) is 8.06. The van der Waals surface area contributed by atoms with Crippen LogP contribution in [0.3, 0.4) is 0 Å². The van der Waals surface area contributed by atoms with Crippen LogP contribution in [-0.2, 0) is 0 Å². The number of hydrogen-bond donors (Lipinski definition) is 2. The number of hydrazone groups is 1. The van der Waals surface area contributed by atoms with Gasteiger partial charge in [0, 0.05) is 37.5 Å². The third-order valence-electron chi connectivity index (χ3n) is 2.08. The van der Waals surface area contributed by atoms with Crippen molar-refractivity contribution in [3.05, 3.63) is 33.9 Å². The first-order valence-corrected chi connectivity index (χ1v) is 4.96. The van der Waals surface area contributed by atoms with Gasteiger partial charge >= 0.3 is 6.03 Å². The Morgan fingerprint density at radius 1 is 1.56 bits per heavy atom. The first-order chi connectivity index (χ1) is 8.41. The summed E-state index contributed by atoms with van der Waals surface area (Å²) in [5.74, 6) is 0. The fourth-order valence-electron chi connectivity index (χ4n) is 1.33. The Hall–Kier alpha value is -2.64. The predicted molar refractivity (Wildman–Crippen MR) is 67.7 cm³/mol. The standard InChI is InChI=1S/C10H13N5O3/c1-14(2)9-4-3-8(15(17)18)5-7(9)6-12-13-10(11)16/h3-6H,1-2H3,(H3,11,13,16). The van der Waals surface area contributed by atoms with Gasteiger partial charge in [0.05, 0.1) is 11.1 Å². The number of rotatable bonds is 4. The number of benzene rings is 1. The third kappa shape index (κ3) is 3.44. The average Bonchev–Trinajstić information content (AvgIpc) is 2.27. The van der Waals surface area contributed by atoms with Crippen molar-refractivity contribution in [2.45, 2.75) is 0 Å². The van der Waals surface area contributed by atoms with E-state index in [9.17, 15) is 14.9 Å². The number of nitro groups is 1. The van der Waals surface area contributed by atoms with Crippen LogP contribution in [0.4, 0.5) is 16.2 Å². The first kappa shape index (κ1) is 13.4. The van der Waals surface area contributed by atoms with Crippen LogP contribution in [0.2, 0.25) is 0 Å². The lowest BCUT2D eigenvalue weighted by atomic mass is 10.1. The molecule has 0 heterocycles. The van der Waals surface area contributed by atoms with Gasteiger partial charge in [0.1, 0.15) is 0 Å². The highest BCUT2D eigenvalue weighted by Gasteiger charge is 2.10. The number of nitrogens with one attached hydrogen (secondary N) is 1. The van der Waals surface area contributed by atoms with Gasteiger partial charge < -0.3 is 10.6 Å². The number of urea groups is 1. The Morgan fingerprint density at radius 2 is 2.22 bits per heavy atom. The lowest BCUT2D eigenvalue weighted by molar-refractivity contribution is -0.384. The quantitative estimate of drug-likeness (QED) is 0.464. The molecule has 0 saturated heterocycles. The second kappa shape index (κ2) is 5.62. The van der Waals surface area contributed by atoms with E-state index in [1.54, 1.807) is 25.1 Å². The number of primary amides is 1. The van der Waals surface area contributed by atoms with Crippen LogP contribution in [0.1, 0.15) is 5.56 Å². The van der Waals surface area contributed by atoms with E-state index in [-0.39, 0.29) is 5.69 Å². The Morgan fingerprint density at radius 3 is 2.72 bits per heavy atom. The summed E-state index contributed by atoms with van der Waals surface area (Å²) in [6, 6.07) is 3.56. The molecule has 0 atom stereocenters. The molecule has 0 aliphatic carbocycles. The van der Waals surface area contributed by atoms with Gasteiger partial charge in [0.25, 0.3) is 5.69 Å². The number of nitro benzene ring substituents is 1. The zero-order valence-corrected chi connectivity index (χ0v) is 9.95. The largest absolute Gasteiger partial charge is 0.377 e. The summed E-state index contributed by atoms with van der Waals surface area (Å²) in [6.45, 7) is 0. The maximum Gasteiger partial charge on any atom is 0.332 e. The topological polar surface area (TPSA) is 114 Å². The molecular formula is C10H13N5O3. The molecule has 0 unspecified atom stereocenters. The van der Waals surface area contributed by atoms with E-state index < -0.39 is 11.0 Å². The zero-order valence-electron chi connectivity index (χ0n) is 9.95. The molecule has 0 aliphatic heterocycles. The number of carbonyl (C=O) groups excluding carboxylic acids is 1. The van der Waals surface area contributed by atoms with E-state index >= 15 is 0 Å². The molecule has 1 aromatic carbocycles. The molecule has 8 heteroatoms. The molecule has 2 amide bonds. The van der Waals surface area contributed by atoms with Crippen molar-refractivity contribution in [1.29, 1.82) is 0 Å². The molecule has 0 aliphatic rings. The number of amides is 2. The van der Waals surface area contributed by atoms with Gasteiger partial charge in [0.15, 0.2) is 0 Å². The molecule has 0 radical (unpaired) electrons. The molecule has 96 valence electrons. The number of non-ortho nitro benzene ring substituents is 1. The molecule has 1 rings (SSSR count). The average molecular weight is 251 g/mol. The molecule has 3 N–H and O–H groups in total. The van der Waals surface area contributed by atoms with E-state index in [0.717, 1.165) is 5.69 Å². The molecule has 0 spiro atoms. The van der Waals surface area contributed by atoms with Crippen molar-refractivity contribution in [3.8, 4) is 0 Å². The Labute approximate surface area is 103 Å². The van der Waals surface area contributed by atoms with Crippen molar-refractivity contribution in [2.75, 3.05) is 19.0 Å². The van der Waals surface area contributed by atoms with Gasteiger partial charge in [-0.2, -0.15) is 5.10 Å². The second-order valence-electron chi connectivity index (χ2n) is 3.63. The summed E-state index contributed by atoms with van der Waals surface area (Å²) < 4.78 is 0. The molecule has 0 fully saturated rings. The molecule has 0 bridgehead atoms. The van der Waals surface area contributed by atoms with Crippen LogP contribution < -0.4 is 16.1 Å². The minimum absolute atomic E-state index is 0.0545.